The van der Waals surface area contributed by atoms with Crippen molar-refractivity contribution in [2.24, 2.45) is 0 Å². The van der Waals surface area contributed by atoms with Crippen molar-refractivity contribution < 1.29 is 14.3 Å². The number of hydrogen-bond acceptors (Lipinski definition) is 6. The fraction of sp³-hybridized carbons (Fsp3) is 0.214. The molecule has 0 N–H and O–H groups in total. The summed E-state index contributed by atoms with van der Waals surface area (Å²) in [5, 5.41) is 1.25. The van der Waals surface area contributed by atoms with Crippen molar-refractivity contribution in [3.05, 3.63) is 86.7 Å². The lowest BCUT2D eigenvalue weighted by atomic mass is 9.96. The molecular weight excluding hydrogens is 510 g/mol. The summed E-state index contributed by atoms with van der Waals surface area (Å²) in [4.78, 5) is 45.9. The molecule has 9 heteroatoms. The minimum atomic E-state index is -0.276. The summed E-state index contributed by atoms with van der Waals surface area (Å²) in [5.41, 5.74) is 4.24. The van der Waals surface area contributed by atoms with Crippen LogP contribution >= 0.6 is 23.4 Å². The number of thioether (sulfide) groups is 1. The molecule has 7 nitrogen and oxygen atoms in total. The van der Waals surface area contributed by atoms with Crippen molar-refractivity contribution in [1.29, 1.82) is 0 Å². The molecule has 0 saturated carbocycles. The fourth-order valence-corrected chi connectivity index (χ4v) is 6.18. The van der Waals surface area contributed by atoms with Crippen LogP contribution in [0.3, 0.4) is 0 Å². The number of Topliss-reactive ketones (excluding diaryl/α,β-unsaturated/α-hetero) is 1. The normalized spacial score (nSPS) is 14.2. The van der Waals surface area contributed by atoms with Crippen molar-refractivity contribution in [3.8, 4) is 11.4 Å². The Balaban J connectivity index is 1.39. The standard InChI is InChI=1S/C28H22ClN3O4S/c1-36-24-7-3-2-6-22(24)32-27(35)20-9-8-19(29)14-21(20)30-28(32)37-15-23(33)17-11-16-5-4-10-31-25(34)13-18(12-17)26(16)31/h2-3,6-9,11-12,14H,4-5,10,13,15H2,1H3. The molecule has 37 heavy (non-hydrogen) atoms. The number of amides is 1. The Hall–Kier alpha value is -3.62. The van der Waals surface area contributed by atoms with Crippen molar-refractivity contribution in [3.63, 3.8) is 0 Å². The van der Waals surface area contributed by atoms with Crippen LogP contribution in [0.15, 0.2) is 64.5 Å². The molecule has 0 unspecified atom stereocenters. The van der Waals surface area contributed by atoms with E-state index in [-0.39, 0.29) is 23.0 Å². The van der Waals surface area contributed by atoms with Gasteiger partial charge < -0.3 is 9.64 Å². The lowest BCUT2D eigenvalue weighted by molar-refractivity contribution is -0.117. The number of halogens is 1. The fourth-order valence-electron chi connectivity index (χ4n) is 5.12. The Labute approximate surface area is 222 Å². The van der Waals surface area contributed by atoms with Crippen molar-refractivity contribution in [2.45, 2.75) is 24.4 Å². The second kappa shape index (κ2) is 9.36. The summed E-state index contributed by atoms with van der Waals surface area (Å²) in [6.45, 7) is 0.736. The number of carbonyl (C=O) groups is 2. The lowest BCUT2D eigenvalue weighted by Crippen LogP contribution is -2.31. The Kier molecular flexibility index (Phi) is 6.01. The number of ether oxygens (including phenoxy) is 1. The van der Waals surface area contributed by atoms with E-state index in [0.717, 1.165) is 36.2 Å². The third kappa shape index (κ3) is 4.10. The van der Waals surface area contributed by atoms with Crippen LogP contribution in [0.4, 0.5) is 5.69 Å². The smallest absolute Gasteiger partial charge is 0.266 e. The number of hydrogen-bond donors (Lipinski definition) is 0. The second-order valence-electron chi connectivity index (χ2n) is 9.05. The highest BCUT2D eigenvalue weighted by Gasteiger charge is 2.33. The molecular formula is C28H22ClN3O4S. The number of aryl methyl sites for hydroxylation is 1. The van der Waals surface area contributed by atoms with Crippen LogP contribution in [-0.2, 0) is 17.6 Å². The number of nitrogens with zero attached hydrogens (tertiary/aromatic N) is 3. The summed E-state index contributed by atoms with van der Waals surface area (Å²) in [6, 6.07) is 15.9. The number of benzene rings is 3. The van der Waals surface area contributed by atoms with E-state index in [4.69, 9.17) is 21.3 Å². The maximum absolute atomic E-state index is 13.6. The molecule has 0 spiro atoms. The van der Waals surface area contributed by atoms with E-state index in [1.807, 2.05) is 29.2 Å². The molecule has 6 rings (SSSR count). The molecule has 0 atom stereocenters. The van der Waals surface area contributed by atoms with Crippen molar-refractivity contribution >= 4 is 51.6 Å². The quantitative estimate of drug-likeness (QED) is 0.201. The molecule has 0 aliphatic carbocycles. The van der Waals surface area contributed by atoms with Gasteiger partial charge in [-0.3, -0.25) is 19.0 Å². The van der Waals surface area contributed by atoms with Gasteiger partial charge in [-0.1, -0.05) is 35.5 Å². The predicted molar refractivity (Wildman–Crippen MR) is 145 cm³/mol. The van der Waals surface area contributed by atoms with Gasteiger partial charge in [0.2, 0.25) is 5.91 Å². The maximum Gasteiger partial charge on any atom is 0.266 e. The zero-order valence-electron chi connectivity index (χ0n) is 20.0. The number of methoxy groups -OCH3 is 1. The van der Waals surface area contributed by atoms with E-state index >= 15 is 0 Å². The Morgan fingerprint density at radius 3 is 2.76 bits per heavy atom. The van der Waals surface area contributed by atoms with E-state index in [0.29, 0.717) is 44.5 Å². The molecule has 3 heterocycles. The first-order chi connectivity index (χ1) is 17.9. The van der Waals surface area contributed by atoms with Gasteiger partial charge in [0.25, 0.3) is 5.56 Å². The molecule has 2 aliphatic rings. The van der Waals surface area contributed by atoms with Gasteiger partial charge in [-0.15, -0.1) is 0 Å². The van der Waals surface area contributed by atoms with Crippen LogP contribution in [0.2, 0.25) is 5.02 Å². The third-order valence-electron chi connectivity index (χ3n) is 6.79. The predicted octanol–water partition coefficient (Wildman–Crippen LogP) is 4.86. The number of anilines is 1. The van der Waals surface area contributed by atoms with Crippen LogP contribution in [0.5, 0.6) is 5.75 Å². The van der Waals surface area contributed by atoms with E-state index < -0.39 is 0 Å². The zero-order valence-corrected chi connectivity index (χ0v) is 21.6. The summed E-state index contributed by atoms with van der Waals surface area (Å²) in [6.07, 6.45) is 2.07. The van der Waals surface area contributed by atoms with Crippen LogP contribution in [0.1, 0.15) is 27.9 Å². The largest absolute Gasteiger partial charge is 0.495 e. The van der Waals surface area contributed by atoms with E-state index in [2.05, 4.69) is 0 Å². The molecule has 0 saturated heterocycles. The number of rotatable bonds is 6. The van der Waals surface area contributed by atoms with Crippen LogP contribution in [0, 0.1) is 0 Å². The summed E-state index contributed by atoms with van der Waals surface area (Å²) < 4.78 is 6.99. The highest BCUT2D eigenvalue weighted by molar-refractivity contribution is 7.99. The minimum absolute atomic E-state index is 0.0730. The molecule has 0 bridgehead atoms. The summed E-state index contributed by atoms with van der Waals surface area (Å²) in [7, 11) is 1.54. The molecule has 1 amide bonds. The van der Waals surface area contributed by atoms with Crippen LogP contribution < -0.4 is 15.2 Å². The summed E-state index contributed by atoms with van der Waals surface area (Å²) >= 11 is 7.37. The van der Waals surface area contributed by atoms with Gasteiger partial charge >= 0.3 is 0 Å². The van der Waals surface area contributed by atoms with Gasteiger partial charge in [0.05, 0.1) is 41.6 Å². The average Bonchev–Trinajstić information content (AvgIpc) is 3.23. The maximum atomic E-state index is 13.6. The zero-order chi connectivity index (χ0) is 25.7. The topological polar surface area (TPSA) is 81.5 Å². The molecule has 0 fully saturated rings. The molecule has 1 aromatic heterocycles. The third-order valence-corrected chi connectivity index (χ3v) is 7.96. The number of ketones is 1. The molecule has 3 aromatic carbocycles. The van der Waals surface area contributed by atoms with E-state index in [9.17, 15) is 14.4 Å². The molecule has 4 aromatic rings. The van der Waals surface area contributed by atoms with E-state index in [1.165, 1.54) is 16.3 Å². The number of fused-ring (bicyclic) bond motifs is 1. The van der Waals surface area contributed by atoms with Crippen LogP contribution in [-0.4, -0.2) is 40.6 Å². The van der Waals surface area contributed by atoms with Gasteiger partial charge in [-0.05, 0) is 66.4 Å². The highest BCUT2D eigenvalue weighted by Crippen LogP contribution is 2.38. The first-order valence-electron chi connectivity index (χ1n) is 11.9. The number of para-hydroxylation sites is 2. The Bertz CT molecular complexity index is 1670. The molecule has 186 valence electrons. The SMILES string of the molecule is COc1ccccc1-n1c(SCC(=O)c2cc3c4c(c2)CC(=O)N4CCC3)nc2cc(Cl)ccc2c1=O. The monoisotopic (exact) mass is 531 g/mol. The van der Waals surface area contributed by atoms with Gasteiger partial charge in [0.15, 0.2) is 10.9 Å². The van der Waals surface area contributed by atoms with Crippen LogP contribution in [0.25, 0.3) is 16.6 Å². The number of carbonyl (C=O) groups excluding carboxylic acids is 2. The van der Waals surface area contributed by atoms with Crippen molar-refractivity contribution in [2.75, 3.05) is 24.3 Å². The first kappa shape index (κ1) is 23.8. The van der Waals surface area contributed by atoms with Gasteiger partial charge in [0, 0.05) is 17.1 Å². The first-order valence-corrected chi connectivity index (χ1v) is 13.3. The minimum Gasteiger partial charge on any atom is -0.495 e. The second-order valence-corrected chi connectivity index (χ2v) is 10.4. The highest BCUT2D eigenvalue weighted by atomic mass is 35.5. The average molecular weight is 532 g/mol. The number of aromatic nitrogens is 2. The van der Waals surface area contributed by atoms with Gasteiger partial charge in [-0.2, -0.15) is 0 Å². The Morgan fingerprint density at radius 2 is 1.92 bits per heavy atom. The van der Waals surface area contributed by atoms with Gasteiger partial charge in [0.1, 0.15) is 5.75 Å². The van der Waals surface area contributed by atoms with Gasteiger partial charge in [-0.25, -0.2) is 4.98 Å². The Morgan fingerprint density at radius 1 is 1.11 bits per heavy atom. The van der Waals surface area contributed by atoms with Crippen molar-refractivity contribution in [1.82, 2.24) is 9.55 Å². The summed E-state index contributed by atoms with van der Waals surface area (Å²) in [5.74, 6) is 0.589. The molecule has 2 aliphatic heterocycles. The van der Waals surface area contributed by atoms with E-state index in [1.54, 1.807) is 37.4 Å². The lowest BCUT2D eigenvalue weighted by Gasteiger charge is -2.25. The molecule has 0 radical (unpaired) electrons.